The van der Waals surface area contributed by atoms with Crippen molar-refractivity contribution in [3.05, 3.63) is 59.7 Å². The Morgan fingerprint density at radius 2 is 1.06 bits per heavy atom. The predicted octanol–water partition coefficient (Wildman–Crippen LogP) is 4.09. The van der Waals surface area contributed by atoms with E-state index in [0.717, 1.165) is 11.1 Å². The van der Waals surface area contributed by atoms with Crippen LogP contribution in [0.3, 0.4) is 0 Å². The minimum absolute atomic E-state index is 0.0232. The molecule has 2 fully saturated rings. The van der Waals surface area contributed by atoms with E-state index in [4.69, 9.17) is 9.31 Å². The van der Waals surface area contributed by atoms with Gasteiger partial charge < -0.3 is 9.31 Å². The summed E-state index contributed by atoms with van der Waals surface area (Å²) in [6.45, 7) is 1.41. The Morgan fingerprint density at radius 3 is 1.39 bits per heavy atom. The molecule has 2 saturated heterocycles. The van der Waals surface area contributed by atoms with Crippen molar-refractivity contribution < 1.29 is 26.9 Å². The van der Waals surface area contributed by atoms with E-state index in [9.17, 15) is 17.6 Å². The van der Waals surface area contributed by atoms with Gasteiger partial charge in [-0.3, -0.25) is 9.80 Å². The lowest BCUT2D eigenvalue weighted by Gasteiger charge is -2.16. The summed E-state index contributed by atoms with van der Waals surface area (Å²) in [4.78, 5) is 3.50. The Morgan fingerprint density at radius 1 is 0.677 bits per heavy atom. The van der Waals surface area contributed by atoms with Crippen LogP contribution in [0.5, 0.6) is 11.5 Å². The monoisotopic (exact) mass is 436 g/mol. The molecule has 0 bridgehead atoms. The highest BCUT2D eigenvalue weighted by Gasteiger charge is 2.38. The zero-order valence-electron chi connectivity index (χ0n) is 17.2. The summed E-state index contributed by atoms with van der Waals surface area (Å²) in [5, 5.41) is 0. The molecular formula is C22H25BF4N2O2. The van der Waals surface area contributed by atoms with Crippen molar-refractivity contribution in [2.75, 3.05) is 26.2 Å². The number of hydrogen-bond donors (Lipinski definition) is 0. The van der Waals surface area contributed by atoms with Gasteiger partial charge in [0, 0.05) is 39.0 Å². The summed E-state index contributed by atoms with van der Waals surface area (Å²) in [6, 6.07) is 14.6. The largest absolute Gasteiger partial charge is 0.576 e. The van der Waals surface area contributed by atoms with Crippen LogP contribution in [-0.4, -0.2) is 55.5 Å². The molecule has 2 aromatic carbocycles. The van der Waals surface area contributed by atoms with E-state index in [0.29, 0.717) is 37.7 Å². The molecule has 0 spiro atoms. The summed E-state index contributed by atoms with van der Waals surface area (Å²) in [6.07, 6.45) is -0.165. The lowest BCUT2D eigenvalue weighted by Crippen LogP contribution is -2.24. The Balaban J connectivity index is 1.19. The third-order valence-electron chi connectivity index (χ3n) is 5.61. The number of alkyl halides is 4. The van der Waals surface area contributed by atoms with E-state index in [1.54, 1.807) is 34.1 Å². The van der Waals surface area contributed by atoms with E-state index < -0.39 is 11.8 Å². The number of hydrogen-bond acceptors (Lipinski definition) is 4. The second kappa shape index (κ2) is 9.08. The molecular weight excluding hydrogens is 411 g/mol. The molecule has 2 aliphatic rings. The van der Waals surface area contributed by atoms with Gasteiger partial charge in [-0.15, -0.1) is 0 Å². The standard InChI is InChI=1S/C22H25BF4N2O2/c24-21(25)9-11-28(15-21)13-17-1-5-19(6-2-17)30-23-31-20-7-3-18(4-8-20)14-29-12-10-22(26,27)16-29/h1-8,23H,9-16H2. The molecule has 0 aliphatic carbocycles. The van der Waals surface area contributed by atoms with Crippen LogP contribution in [0.2, 0.25) is 0 Å². The molecule has 166 valence electrons. The summed E-state index contributed by atoms with van der Waals surface area (Å²) < 4.78 is 64.3. The quantitative estimate of drug-likeness (QED) is 0.460. The van der Waals surface area contributed by atoms with E-state index in [-0.39, 0.29) is 33.6 Å². The van der Waals surface area contributed by atoms with Gasteiger partial charge in [0.2, 0.25) is 0 Å². The number of likely N-dealkylation sites (tertiary alicyclic amines) is 2. The van der Waals surface area contributed by atoms with Gasteiger partial charge in [-0.1, -0.05) is 24.3 Å². The molecule has 0 atom stereocenters. The maximum Gasteiger partial charge on any atom is 0.576 e. The summed E-state index contributed by atoms with van der Waals surface area (Å²) >= 11 is 0. The normalized spacial score (nSPS) is 20.6. The van der Waals surface area contributed by atoms with Crippen LogP contribution in [0, 0.1) is 0 Å². The molecule has 0 saturated carbocycles. The summed E-state index contributed by atoms with van der Waals surface area (Å²) in [7, 11) is 0.0232. The summed E-state index contributed by atoms with van der Waals surface area (Å²) in [5.74, 6) is -3.91. The van der Waals surface area contributed by atoms with Gasteiger partial charge in [0.25, 0.3) is 11.8 Å². The number of nitrogens with zero attached hydrogens (tertiary/aromatic N) is 2. The van der Waals surface area contributed by atoms with Crippen molar-refractivity contribution in [3.8, 4) is 11.5 Å². The molecule has 9 heteroatoms. The minimum Gasteiger partial charge on any atom is -0.529 e. The van der Waals surface area contributed by atoms with Crippen molar-refractivity contribution in [1.29, 1.82) is 0 Å². The van der Waals surface area contributed by atoms with Gasteiger partial charge in [0.1, 0.15) is 11.5 Å². The highest BCUT2D eigenvalue weighted by molar-refractivity contribution is 6.20. The van der Waals surface area contributed by atoms with Crippen molar-refractivity contribution in [1.82, 2.24) is 9.80 Å². The fourth-order valence-corrected chi connectivity index (χ4v) is 3.95. The maximum atomic E-state index is 13.3. The molecule has 0 aromatic heterocycles. The molecule has 2 aromatic rings. The third-order valence-corrected chi connectivity index (χ3v) is 5.61. The molecule has 0 amide bonds. The average molecular weight is 436 g/mol. The Labute approximate surface area is 180 Å². The van der Waals surface area contributed by atoms with E-state index in [2.05, 4.69) is 0 Å². The van der Waals surface area contributed by atoms with Crippen LogP contribution in [0.25, 0.3) is 0 Å². The first-order valence-corrected chi connectivity index (χ1v) is 10.4. The van der Waals surface area contributed by atoms with Crippen molar-refractivity contribution in [3.63, 3.8) is 0 Å². The number of rotatable bonds is 8. The number of benzene rings is 2. The minimum atomic E-state index is -2.58. The highest BCUT2D eigenvalue weighted by Crippen LogP contribution is 2.29. The van der Waals surface area contributed by atoms with Gasteiger partial charge in [0.05, 0.1) is 13.1 Å². The molecule has 2 aliphatic heterocycles. The second-order valence-electron chi connectivity index (χ2n) is 8.33. The van der Waals surface area contributed by atoms with Gasteiger partial charge in [-0.2, -0.15) is 0 Å². The molecule has 4 nitrogen and oxygen atoms in total. The van der Waals surface area contributed by atoms with Gasteiger partial charge in [-0.05, 0) is 35.4 Å². The average Bonchev–Trinajstić information content (AvgIpc) is 3.24. The first kappa shape index (κ1) is 22.0. The zero-order valence-corrected chi connectivity index (χ0v) is 17.2. The van der Waals surface area contributed by atoms with Gasteiger partial charge in [0.15, 0.2) is 0 Å². The lowest BCUT2D eigenvalue weighted by molar-refractivity contribution is 0.0108. The molecule has 0 unspecified atom stereocenters. The fourth-order valence-electron chi connectivity index (χ4n) is 3.95. The summed E-state index contributed by atoms with van der Waals surface area (Å²) in [5.41, 5.74) is 1.91. The van der Waals surface area contributed by atoms with Crippen LogP contribution >= 0.6 is 0 Å². The van der Waals surface area contributed by atoms with Gasteiger partial charge >= 0.3 is 7.69 Å². The van der Waals surface area contributed by atoms with Crippen LogP contribution in [-0.2, 0) is 13.1 Å². The lowest BCUT2D eigenvalue weighted by atomic mass is 10.2. The maximum absolute atomic E-state index is 13.3. The van der Waals surface area contributed by atoms with Crippen molar-refractivity contribution >= 4 is 7.69 Å². The second-order valence-corrected chi connectivity index (χ2v) is 8.33. The zero-order chi connectivity index (χ0) is 21.9. The van der Waals surface area contributed by atoms with Crippen LogP contribution < -0.4 is 9.31 Å². The van der Waals surface area contributed by atoms with Crippen LogP contribution in [0.15, 0.2) is 48.5 Å². The fraction of sp³-hybridized carbons (Fsp3) is 0.455. The number of halogens is 4. The topological polar surface area (TPSA) is 24.9 Å². The van der Waals surface area contributed by atoms with E-state index >= 15 is 0 Å². The first-order chi connectivity index (χ1) is 14.8. The van der Waals surface area contributed by atoms with Crippen molar-refractivity contribution in [2.45, 2.75) is 37.8 Å². The van der Waals surface area contributed by atoms with Crippen LogP contribution in [0.4, 0.5) is 17.6 Å². The molecule has 0 radical (unpaired) electrons. The Hall–Kier alpha value is -2.26. The third kappa shape index (κ3) is 6.37. The molecule has 0 N–H and O–H groups in total. The Kier molecular flexibility index (Phi) is 6.43. The highest BCUT2D eigenvalue weighted by atomic mass is 19.3. The SMILES string of the molecule is FC1(F)CCN(Cc2ccc(OBOc3ccc(CN4CCC(F)(F)C4)cc3)cc2)C1. The van der Waals surface area contributed by atoms with E-state index in [1.807, 2.05) is 24.3 Å². The molecule has 31 heavy (non-hydrogen) atoms. The predicted molar refractivity (Wildman–Crippen MR) is 111 cm³/mol. The smallest absolute Gasteiger partial charge is 0.529 e. The molecule has 2 heterocycles. The Bertz CT molecular complexity index is 793. The van der Waals surface area contributed by atoms with E-state index in [1.165, 1.54) is 0 Å². The van der Waals surface area contributed by atoms with Gasteiger partial charge in [-0.25, -0.2) is 17.6 Å². The first-order valence-electron chi connectivity index (χ1n) is 10.4. The molecule has 4 rings (SSSR count). The van der Waals surface area contributed by atoms with Crippen molar-refractivity contribution in [2.24, 2.45) is 0 Å². The van der Waals surface area contributed by atoms with Crippen LogP contribution in [0.1, 0.15) is 24.0 Å².